The van der Waals surface area contributed by atoms with Crippen LogP contribution >= 0.6 is 11.3 Å². The van der Waals surface area contributed by atoms with Crippen LogP contribution in [0, 0.1) is 0 Å². The van der Waals surface area contributed by atoms with E-state index >= 15 is 0 Å². The zero-order valence-corrected chi connectivity index (χ0v) is 5.77. The van der Waals surface area contributed by atoms with Gasteiger partial charge in [0.05, 0.1) is 7.11 Å². The number of ether oxygens (including phenoxy) is 1. The summed E-state index contributed by atoms with van der Waals surface area (Å²) in [6.45, 7) is 0. The fourth-order valence-electron chi connectivity index (χ4n) is 0.499. The Bertz CT molecular complexity index is 205. The summed E-state index contributed by atoms with van der Waals surface area (Å²) in [4.78, 5) is 10.1. The van der Waals surface area contributed by atoms with Crippen LogP contribution in [0.5, 0.6) is 5.06 Å². The fraction of sp³-hybridized carbons (Fsp3) is 0.167. The fourth-order valence-corrected chi connectivity index (χ4v) is 1.18. The lowest BCUT2D eigenvalue weighted by Gasteiger charge is -1.86. The summed E-state index contributed by atoms with van der Waals surface area (Å²) in [5, 5.41) is 2.53. The first-order chi connectivity index (χ1) is 4.36. The zero-order chi connectivity index (χ0) is 6.69. The molecule has 0 aliphatic rings. The minimum absolute atomic E-state index is 0.678. The lowest BCUT2D eigenvalue weighted by molar-refractivity contribution is 0.112. The highest BCUT2D eigenvalue weighted by atomic mass is 32.1. The van der Waals surface area contributed by atoms with Crippen molar-refractivity contribution in [3.05, 3.63) is 17.0 Å². The lowest BCUT2D eigenvalue weighted by atomic mass is 10.4. The van der Waals surface area contributed by atoms with Gasteiger partial charge in [-0.05, 0) is 0 Å². The van der Waals surface area contributed by atoms with E-state index in [1.165, 1.54) is 11.3 Å². The predicted molar refractivity (Wildman–Crippen MR) is 36.3 cm³/mol. The molecule has 0 aliphatic carbocycles. The van der Waals surface area contributed by atoms with Gasteiger partial charge in [-0.15, -0.1) is 11.3 Å². The molecule has 0 amide bonds. The second kappa shape index (κ2) is 2.64. The second-order valence-corrected chi connectivity index (χ2v) is 2.39. The van der Waals surface area contributed by atoms with Crippen LogP contribution in [0.25, 0.3) is 0 Å². The smallest absolute Gasteiger partial charge is 0.174 e. The standard InChI is InChI=1S/C6H6O2S/c1-8-6-2-5(3-7)4-9-6/h2-4H,1H3. The molecule has 0 bridgehead atoms. The van der Waals surface area contributed by atoms with Gasteiger partial charge in [0.1, 0.15) is 0 Å². The first-order valence-corrected chi connectivity index (χ1v) is 3.32. The van der Waals surface area contributed by atoms with Crippen molar-refractivity contribution in [2.24, 2.45) is 0 Å². The molecule has 0 saturated carbocycles. The highest BCUT2D eigenvalue weighted by Gasteiger charge is 1.95. The van der Waals surface area contributed by atoms with E-state index in [0.717, 1.165) is 11.3 Å². The third kappa shape index (κ3) is 1.29. The highest BCUT2D eigenvalue weighted by molar-refractivity contribution is 7.12. The third-order valence-corrected chi connectivity index (χ3v) is 1.84. The van der Waals surface area contributed by atoms with Crippen LogP contribution in [-0.2, 0) is 0 Å². The average molecular weight is 142 g/mol. The molecule has 0 aliphatic heterocycles. The van der Waals surface area contributed by atoms with Gasteiger partial charge in [-0.2, -0.15) is 0 Å². The van der Waals surface area contributed by atoms with E-state index < -0.39 is 0 Å². The van der Waals surface area contributed by atoms with Gasteiger partial charge in [0.15, 0.2) is 11.3 Å². The maximum atomic E-state index is 10.1. The van der Waals surface area contributed by atoms with Crippen molar-refractivity contribution in [1.29, 1.82) is 0 Å². The molecule has 9 heavy (non-hydrogen) atoms. The van der Waals surface area contributed by atoms with E-state index in [0.29, 0.717) is 5.56 Å². The van der Waals surface area contributed by atoms with Gasteiger partial charge in [0.2, 0.25) is 0 Å². The molecule has 0 N–H and O–H groups in total. The Balaban J connectivity index is 2.86. The van der Waals surface area contributed by atoms with E-state index in [1.807, 2.05) is 0 Å². The molecule has 1 aromatic heterocycles. The first kappa shape index (κ1) is 6.29. The van der Waals surface area contributed by atoms with E-state index in [2.05, 4.69) is 0 Å². The van der Waals surface area contributed by atoms with Crippen molar-refractivity contribution in [3.8, 4) is 5.06 Å². The average Bonchev–Trinajstić information content (AvgIpc) is 2.34. The molecule has 0 fully saturated rings. The zero-order valence-electron chi connectivity index (χ0n) is 4.96. The minimum Gasteiger partial charge on any atom is -0.487 e. The van der Waals surface area contributed by atoms with Crippen LogP contribution in [-0.4, -0.2) is 13.4 Å². The SMILES string of the molecule is COc1cc(C=O)cs1. The van der Waals surface area contributed by atoms with Gasteiger partial charge < -0.3 is 4.74 Å². The normalized spacial score (nSPS) is 9.00. The quantitative estimate of drug-likeness (QED) is 0.586. The van der Waals surface area contributed by atoms with Crippen LogP contribution in [0.4, 0.5) is 0 Å². The molecular formula is C6H6O2S. The maximum Gasteiger partial charge on any atom is 0.174 e. The maximum absolute atomic E-state index is 10.1. The lowest BCUT2D eigenvalue weighted by Crippen LogP contribution is -1.75. The van der Waals surface area contributed by atoms with Crippen LogP contribution in [0.1, 0.15) is 10.4 Å². The molecule has 0 aromatic carbocycles. The summed E-state index contributed by atoms with van der Waals surface area (Å²) in [5.74, 6) is 0. The molecule has 48 valence electrons. The van der Waals surface area contributed by atoms with Gasteiger partial charge in [-0.25, -0.2) is 0 Å². The van der Waals surface area contributed by atoms with Gasteiger partial charge in [0, 0.05) is 17.0 Å². The first-order valence-electron chi connectivity index (χ1n) is 2.44. The van der Waals surface area contributed by atoms with Crippen molar-refractivity contribution in [1.82, 2.24) is 0 Å². The van der Waals surface area contributed by atoms with Crippen molar-refractivity contribution >= 4 is 17.6 Å². The third-order valence-electron chi connectivity index (χ3n) is 0.933. The molecule has 0 unspecified atom stereocenters. The largest absolute Gasteiger partial charge is 0.487 e. The number of hydrogen-bond acceptors (Lipinski definition) is 3. The van der Waals surface area contributed by atoms with Crippen molar-refractivity contribution in [2.45, 2.75) is 0 Å². The molecule has 0 saturated heterocycles. The number of aldehydes is 1. The van der Waals surface area contributed by atoms with Crippen LogP contribution in [0.15, 0.2) is 11.4 Å². The Kier molecular flexibility index (Phi) is 1.85. The Morgan fingerprint density at radius 2 is 2.56 bits per heavy atom. The van der Waals surface area contributed by atoms with Gasteiger partial charge in [-0.1, -0.05) is 0 Å². The summed E-state index contributed by atoms with van der Waals surface area (Å²) in [7, 11) is 1.58. The highest BCUT2D eigenvalue weighted by Crippen LogP contribution is 2.20. The van der Waals surface area contributed by atoms with E-state index in [9.17, 15) is 4.79 Å². The molecule has 1 heterocycles. The van der Waals surface area contributed by atoms with E-state index in [-0.39, 0.29) is 0 Å². The molecule has 1 aromatic rings. The second-order valence-electron chi connectivity index (χ2n) is 1.52. The molecule has 0 atom stereocenters. The van der Waals surface area contributed by atoms with Crippen molar-refractivity contribution in [2.75, 3.05) is 7.11 Å². The topological polar surface area (TPSA) is 26.3 Å². The molecule has 1 rings (SSSR count). The number of rotatable bonds is 2. The van der Waals surface area contributed by atoms with Gasteiger partial charge >= 0.3 is 0 Å². The Morgan fingerprint density at radius 3 is 2.89 bits per heavy atom. The summed E-state index contributed by atoms with van der Waals surface area (Å²) >= 11 is 1.42. The molecule has 2 nitrogen and oxygen atoms in total. The number of methoxy groups -OCH3 is 1. The Labute approximate surface area is 57.1 Å². The summed E-state index contributed by atoms with van der Waals surface area (Å²) in [6.07, 6.45) is 0.805. The number of carbonyl (C=O) groups is 1. The molecule has 0 radical (unpaired) electrons. The van der Waals surface area contributed by atoms with Crippen LogP contribution < -0.4 is 4.74 Å². The number of thiophene rings is 1. The monoisotopic (exact) mass is 142 g/mol. The van der Waals surface area contributed by atoms with Crippen molar-refractivity contribution in [3.63, 3.8) is 0 Å². The Morgan fingerprint density at radius 1 is 1.78 bits per heavy atom. The summed E-state index contributed by atoms with van der Waals surface area (Å²) in [5.41, 5.74) is 0.678. The minimum atomic E-state index is 0.678. The Hall–Kier alpha value is -0.830. The predicted octanol–water partition coefficient (Wildman–Crippen LogP) is 1.57. The number of carbonyl (C=O) groups excluding carboxylic acids is 1. The van der Waals surface area contributed by atoms with Gasteiger partial charge in [0.25, 0.3) is 0 Å². The van der Waals surface area contributed by atoms with E-state index in [1.54, 1.807) is 18.6 Å². The summed E-state index contributed by atoms with van der Waals surface area (Å²) < 4.78 is 4.86. The van der Waals surface area contributed by atoms with Crippen LogP contribution in [0.3, 0.4) is 0 Å². The van der Waals surface area contributed by atoms with Crippen LogP contribution in [0.2, 0.25) is 0 Å². The molecule has 0 spiro atoms. The van der Waals surface area contributed by atoms with Gasteiger partial charge in [-0.3, -0.25) is 4.79 Å². The van der Waals surface area contributed by atoms with Crippen molar-refractivity contribution < 1.29 is 9.53 Å². The van der Waals surface area contributed by atoms with E-state index in [4.69, 9.17) is 4.74 Å². The summed E-state index contributed by atoms with van der Waals surface area (Å²) in [6, 6.07) is 1.71. The number of hydrogen-bond donors (Lipinski definition) is 0. The molecule has 3 heteroatoms. The molecular weight excluding hydrogens is 136 g/mol.